The molecule has 24 heavy (non-hydrogen) atoms. The third-order valence-electron chi connectivity index (χ3n) is 3.97. The summed E-state index contributed by atoms with van der Waals surface area (Å²) in [5.41, 5.74) is 0.655. The van der Waals surface area contributed by atoms with E-state index in [1.54, 1.807) is 24.6 Å². The molecule has 1 saturated heterocycles. The molecule has 1 aliphatic heterocycles. The quantitative estimate of drug-likeness (QED) is 0.558. The summed E-state index contributed by atoms with van der Waals surface area (Å²) in [5, 5.41) is 5.37. The molecule has 2 N–H and O–H groups in total. The number of imide groups is 1. The molecule has 2 amide bonds. The van der Waals surface area contributed by atoms with Gasteiger partial charge in [-0.1, -0.05) is 0 Å². The maximum Gasteiger partial charge on any atom is 0.264 e. The van der Waals surface area contributed by atoms with Gasteiger partial charge in [-0.15, -0.1) is 11.8 Å². The van der Waals surface area contributed by atoms with E-state index >= 15 is 0 Å². The molecule has 0 spiro atoms. The van der Waals surface area contributed by atoms with Gasteiger partial charge in [0.15, 0.2) is 0 Å². The number of hydrogen-bond acceptors (Lipinski definition) is 7. The van der Waals surface area contributed by atoms with Crippen LogP contribution in [0.25, 0.3) is 6.08 Å². The van der Waals surface area contributed by atoms with Crippen molar-refractivity contribution in [3.8, 4) is 0 Å². The highest BCUT2D eigenvalue weighted by Gasteiger charge is 2.20. The summed E-state index contributed by atoms with van der Waals surface area (Å²) >= 11 is 1.27. The maximum atomic E-state index is 11.8. The number of rotatable bonds is 7. The molecule has 0 bridgehead atoms. The number of carbonyl (C=O) groups excluding carboxylic acids is 2. The standard InChI is InChI=1S/C16H23N5O2S/c1-17-10-12-4-7-21(8-5-12)16-18-6-3-13(20-16)9-14(24-2)15(23)19-11-22/h3,6,9,11-12,17H,4-5,7-8,10H2,1-2H3,(H,19,22,23)/b14-9-. The molecule has 1 aromatic heterocycles. The lowest BCUT2D eigenvalue weighted by atomic mass is 9.97. The van der Waals surface area contributed by atoms with Crippen LogP contribution in [0, 0.1) is 5.92 Å². The first-order chi connectivity index (χ1) is 11.7. The highest BCUT2D eigenvalue weighted by atomic mass is 32.2. The van der Waals surface area contributed by atoms with Gasteiger partial charge in [-0.2, -0.15) is 0 Å². The first kappa shape index (κ1) is 18.4. The maximum absolute atomic E-state index is 11.8. The van der Waals surface area contributed by atoms with Gasteiger partial charge in [0.05, 0.1) is 10.6 Å². The number of nitrogens with one attached hydrogen (secondary N) is 2. The van der Waals surface area contributed by atoms with Crippen molar-refractivity contribution < 1.29 is 9.59 Å². The Morgan fingerprint density at radius 3 is 2.83 bits per heavy atom. The molecule has 1 aromatic rings. The second-order valence-electron chi connectivity index (χ2n) is 5.57. The van der Waals surface area contributed by atoms with Gasteiger partial charge in [-0.05, 0) is 50.8 Å². The summed E-state index contributed by atoms with van der Waals surface area (Å²) in [5.74, 6) is 0.956. The smallest absolute Gasteiger partial charge is 0.264 e. The number of aromatic nitrogens is 2. The van der Waals surface area contributed by atoms with Gasteiger partial charge < -0.3 is 10.2 Å². The van der Waals surface area contributed by atoms with E-state index in [0.717, 1.165) is 32.5 Å². The lowest BCUT2D eigenvalue weighted by molar-refractivity contribution is -0.121. The number of thioether (sulfide) groups is 1. The monoisotopic (exact) mass is 349 g/mol. The van der Waals surface area contributed by atoms with Crippen molar-refractivity contribution in [1.82, 2.24) is 20.6 Å². The number of carbonyl (C=O) groups is 2. The predicted octanol–water partition coefficient (Wildman–Crippen LogP) is 0.889. The molecule has 2 rings (SSSR count). The van der Waals surface area contributed by atoms with Gasteiger partial charge >= 0.3 is 0 Å². The Kier molecular flexibility index (Phi) is 7.20. The van der Waals surface area contributed by atoms with Gasteiger partial charge in [0.1, 0.15) is 0 Å². The molecule has 8 heteroatoms. The number of nitrogens with zero attached hydrogens (tertiary/aromatic N) is 3. The fourth-order valence-electron chi connectivity index (χ4n) is 2.70. The Labute approximate surface area is 146 Å². The second-order valence-corrected chi connectivity index (χ2v) is 6.42. The molecule has 2 heterocycles. The zero-order valence-electron chi connectivity index (χ0n) is 14.0. The normalized spacial score (nSPS) is 16.1. The molecule has 0 aromatic carbocycles. The molecule has 0 atom stereocenters. The third-order valence-corrected chi connectivity index (χ3v) is 4.71. The van der Waals surface area contributed by atoms with Crippen molar-refractivity contribution in [2.45, 2.75) is 12.8 Å². The fourth-order valence-corrected chi connectivity index (χ4v) is 3.18. The van der Waals surface area contributed by atoms with Crippen molar-refractivity contribution in [1.29, 1.82) is 0 Å². The topological polar surface area (TPSA) is 87.2 Å². The Morgan fingerprint density at radius 1 is 1.46 bits per heavy atom. The summed E-state index contributed by atoms with van der Waals surface area (Å²) in [6, 6.07) is 1.75. The van der Waals surface area contributed by atoms with Crippen LogP contribution in [0.1, 0.15) is 18.5 Å². The molecule has 0 aliphatic carbocycles. The Morgan fingerprint density at radius 2 is 2.21 bits per heavy atom. The van der Waals surface area contributed by atoms with Gasteiger partial charge in [0.2, 0.25) is 12.4 Å². The van der Waals surface area contributed by atoms with Crippen molar-refractivity contribution >= 4 is 36.1 Å². The molecular weight excluding hydrogens is 326 g/mol. The van der Waals surface area contributed by atoms with Crippen molar-refractivity contribution in [2.24, 2.45) is 5.92 Å². The molecule has 130 valence electrons. The molecule has 1 aliphatic rings. The number of piperidine rings is 1. The van der Waals surface area contributed by atoms with E-state index in [1.807, 2.05) is 7.05 Å². The van der Waals surface area contributed by atoms with Crippen LogP contribution in [0.2, 0.25) is 0 Å². The van der Waals surface area contributed by atoms with Crippen LogP contribution in [-0.2, 0) is 9.59 Å². The average molecular weight is 349 g/mol. The summed E-state index contributed by atoms with van der Waals surface area (Å²) in [6.07, 6.45) is 7.76. The largest absolute Gasteiger partial charge is 0.341 e. The second kappa shape index (κ2) is 9.39. The van der Waals surface area contributed by atoms with Crippen LogP contribution < -0.4 is 15.5 Å². The minimum Gasteiger partial charge on any atom is -0.341 e. The number of hydrogen-bond donors (Lipinski definition) is 2. The first-order valence-corrected chi connectivity index (χ1v) is 9.13. The van der Waals surface area contributed by atoms with E-state index in [-0.39, 0.29) is 0 Å². The molecule has 1 fully saturated rings. The molecule has 0 radical (unpaired) electrons. The van der Waals surface area contributed by atoms with E-state index in [0.29, 0.717) is 28.9 Å². The van der Waals surface area contributed by atoms with E-state index in [4.69, 9.17) is 0 Å². The van der Waals surface area contributed by atoms with E-state index in [9.17, 15) is 9.59 Å². The average Bonchev–Trinajstić information content (AvgIpc) is 2.61. The molecule has 7 nitrogen and oxygen atoms in total. The van der Waals surface area contributed by atoms with E-state index in [1.165, 1.54) is 11.8 Å². The van der Waals surface area contributed by atoms with Gasteiger partial charge in [0, 0.05) is 19.3 Å². The Hall–Kier alpha value is -1.93. The SMILES string of the molecule is CNCC1CCN(c2nccc(/C=C(\SC)C(=O)NC=O)n2)CC1. The van der Waals surface area contributed by atoms with Crippen LogP contribution >= 0.6 is 11.8 Å². The number of amides is 2. The van der Waals surface area contributed by atoms with Crippen LogP contribution in [0.5, 0.6) is 0 Å². The summed E-state index contributed by atoms with van der Waals surface area (Å²) in [6.45, 7) is 2.90. The highest BCUT2D eigenvalue weighted by molar-refractivity contribution is 8.03. The van der Waals surface area contributed by atoms with Crippen molar-refractivity contribution in [2.75, 3.05) is 37.8 Å². The van der Waals surface area contributed by atoms with E-state index < -0.39 is 5.91 Å². The Balaban J connectivity index is 2.09. The van der Waals surface area contributed by atoms with Crippen molar-refractivity contribution in [3.05, 3.63) is 22.9 Å². The van der Waals surface area contributed by atoms with Crippen LogP contribution in [-0.4, -0.2) is 55.2 Å². The number of anilines is 1. The molecular formula is C16H23N5O2S. The van der Waals surface area contributed by atoms with Gasteiger partial charge in [0.25, 0.3) is 5.91 Å². The van der Waals surface area contributed by atoms with E-state index in [2.05, 4.69) is 25.5 Å². The fraction of sp³-hybridized carbons (Fsp3) is 0.500. The van der Waals surface area contributed by atoms with Gasteiger partial charge in [-0.3, -0.25) is 14.9 Å². The lowest BCUT2D eigenvalue weighted by Crippen LogP contribution is -2.37. The van der Waals surface area contributed by atoms with Crippen LogP contribution in [0.3, 0.4) is 0 Å². The predicted molar refractivity (Wildman–Crippen MR) is 96.6 cm³/mol. The molecule has 0 saturated carbocycles. The Bertz CT molecular complexity index is 600. The molecule has 0 unspecified atom stereocenters. The minimum absolute atomic E-state index is 0.382. The first-order valence-electron chi connectivity index (χ1n) is 7.90. The summed E-state index contributed by atoms with van der Waals surface area (Å²) in [7, 11) is 1.98. The van der Waals surface area contributed by atoms with Gasteiger partial charge in [-0.25, -0.2) is 9.97 Å². The van der Waals surface area contributed by atoms with Crippen LogP contribution in [0.4, 0.5) is 5.95 Å². The third kappa shape index (κ3) is 5.04. The van der Waals surface area contributed by atoms with Crippen LogP contribution in [0.15, 0.2) is 17.2 Å². The lowest BCUT2D eigenvalue weighted by Gasteiger charge is -2.31. The minimum atomic E-state index is -0.425. The summed E-state index contributed by atoms with van der Waals surface area (Å²) in [4.78, 5) is 33.7. The van der Waals surface area contributed by atoms with Crippen molar-refractivity contribution in [3.63, 3.8) is 0 Å². The zero-order chi connectivity index (χ0) is 17.4. The summed E-state index contributed by atoms with van der Waals surface area (Å²) < 4.78 is 0. The zero-order valence-corrected chi connectivity index (χ0v) is 14.8. The highest BCUT2D eigenvalue weighted by Crippen LogP contribution is 2.21.